The van der Waals surface area contributed by atoms with Gasteiger partial charge in [-0.25, -0.2) is 0 Å². The SMILES string of the molecule is CCC(C=O)CCC1(C)NCc2ccccc21. The molecule has 0 aliphatic carbocycles. The van der Waals surface area contributed by atoms with Crippen molar-refractivity contribution in [3.8, 4) is 0 Å². The Labute approximate surface area is 103 Å². The summed E-state index contributed by atoms with van der Waals surface area (Å²) in [5, 5.41) is 3.59. The highest BCUT2D eigenvalue weighted by atomic mass is 16.1. The Kier molecular flexibility index (Phi) is 3.63. The number of nitrogens with one attached hydrogen (secondary N) is 1. The Balaban J connectivity index is 2.08. The Hall–Kier alpha value is -1.15. The molecule has 1 heterocycles. The van der Waals surface area contributed by atoms with Gasteiger partial charge in [0.1, 0.15) is 6.29 Å². The maximum Gasteiger partial charge on any atom is 0.123 e. The minimum atomic E-state index is 0.0486. The van der Waals surface area contributed by atoms with E-state index >= 15 is 0 Å². The molecule has 0 radical (unpaired) electrons. The van der Waals surface area contributed by atoms with E-state index in [1.807, 2.05) is 0 Å². The van der Waals surface area contributed by atoms with Crippen LogP contribution in [0.3, 0.4) is 0 Å². The predicted molar refractivity (Wildman–Crippen MR) is 69.7 cm³/mol. The van der Waals surface area contributed by atoms with Crippen LogP contribution in [0.2, 0.25) is 0 Å². The van der Waals surface area contributed by atoms with Crippen molar-refractivity contribution in [2.45, 2.75) is 45.2 Å². The summed E-state index contributed by atoms with van der Waals surface area (Å²) >= 11 is 0. The van der Waals surface area contributed by atoms with E-state index in [0.717, 1.165) is 32.1 Å². The molecular weight excluding hydrogens is 210 g/mol. The first kappa shape index (κ1) is 12.3. The summed E-state index contributed by atoms with van der Waals surface area (Å²) in [7, 11) is 0. The fourth-order valence-electron chi connectivity index (χ4n) is 2.66. The Bertz CT molecular complexity index is 402. The van der Waals surface area contributed by atoms with E-state index in [0.29, 0.717) is 0 Å². The van der Waals surface area contributed by atoms with Crippen molar-refractivity contribution in [2.24, 2.45) is 5.92 Å². The largest absolute Gasteiger partial charge is 0.303 e. The minimum Gasteiger partial charge on any atom is -0.303 e. The standard InChI is InChI=1S/C15H21NO/c1-3-12(11-17)8-9-15(2)14-7-5-4-6-13(14)10-16-15/h4-7,11-12,16H,3,8-10H2,1-2H3. The highest BCUT2D eigenvalue weighted by Crippen LogP contribution is 2.35. The third-order valence-corrected chi connectivity index (χ3v) is 4.01. The molecule has 1 aliphatic heterocycles. The van der Waals surface area contributed by atoms with Gasteiger partial charge >= 0.3 is 0 Å². The van der Waals surface area contributed by atoms with Crippen molar-refractivity contribution < 1.29 is 4.79 Å². The van der Waals surface area contributed by atoms with E-state index in [1.54, 1.807) is 0 Å². The fraction of sp³-hybridized carbons (Fsp3) is 0.533. The zero-order valence-corrected chi connectivity index (χ0v) is 10.7. The van der Waals surface area contributed by atoms with E-state index in [-0.39, 0.29) is 11.5 Å². The Morgan fingerprint density at radius 3 is 2.94 bits per heavy atom. The van der Waals surface area contributed by atoms with Crippen molar-refractivity contribution in [1.29, 1.82) is 0 Å². The number of aldehydes is 1. The normalized spacial score (nSPS) is 24.4. The monoisotopic (exact) mass is 231 g/mol. The number of carbonyl (C=O) groups is 1. The zero-order chi connectivity index (χ0) is 12.3. The second-order valence-corrected chi connectivity index (χ2v) is 5.19. The van der Waals surface area contributed by atoms with E-state index < -0.39 is 0 Å². The quantitative estimate of drug-likeness (QED) is 0.789. The van der Waals surface area contributed by atoms with Gasteiger partial charge in [0.25, 0.3) is 0 Å². The predicted octanol–water partition coefficient (Wildman–Crippen LogP) is 3.01. The summed E-state index contributed by atoms with van der Waals surface area (Å²) in [5.41, 5.74) is 2.85. The molecule has 0 amide bonds. The van der Waals surface area contributed by atoms with Crippen LogP contribution in [0, 0.1) is 5.92 Å². The smallest absolute Gasteiger partial charge is 0.123 e. The molecule has 0 bridgehead atoms. The highest BCUT2D eigenvalue weighted by Gasteiger charge is 2.33. The molecule has 92 valence electrons. The lowest BCUT2D eigenvalue weighted by Crippen LogP contribution is -2.33. The van der Waals surface area contributed by atoms with E-state index in [9.17, 15) is 4.79 Å². The van der Waals surface area contributed by atoms with Crippen LogP contribution in [0.5, 0.6) is 0 Å². The van der Waals surface area contributed by atoms with Crippen LogP contribution in [-0.2, 0) is 16.9 Å². The first-order valence-corrected chi connectivity index (χ1v) is 6.48. The number of benzene rings is 1. The van der Waals surface area contributed by atoms with Gasteiger partial charge in [0, 0.05) is 18.0 Å². The summed E-state index contributed by atoms with van der Waals surface area (Å²) in [6.45, 7) is 5.28. The molecule has 17 heavy (non-hydrogen) atoms. The third-order valence-electron chi connectivity index (χ3n) is 4.01. The summed E-state index contributed by atoms with van der Waals surface area (Å²) in [6.07, 6.45) is 4.05. The van der Waals surface area contributed by atoms with Gasteiger partial charge in [-0.1, -0.05) is 31.2 Å². The lowest BCUT2D eigenvalue weighted by Gasteiger charge is -2.27. The van der Waals surface area contributed by atoms with Gasteiger partial charge in [-0.3, -0.25) is 0 Å². The molecule has 2 nitrogen and oxygen atoms in total. The Morgan fingerprint density at radius 2 is 2.24 bits per heavy atom. The van der Waals surface area contributed by atoms with Crippen molar-refractivity contribution in [1.82, 2.24) is 5.32 Å². The lowest BCUT2D eigenvalue weighted by molar-refractivity contribution is -0.111. The highest BCUT2D eigenvalue weighted by molar-refractivity contribution is 5.53. The molecule has 0 saturated heterocycles. The fourth-order valence-corrected chi connectivity index (χ4v) is 2.66. The summed E-state index contributed by atoms with van der Waals surface area (Å²) in [6, 6.07) is 8.58. The summed E-state index contributed by atoms with van der Waals surface area (Å²) < 4.78 is 0. The van der Waals surface area contributed by atoms with Gasteiger partial charge in [-0.15, -0.1) is 0 Å². The van der Waals surface area contributed by atoms with Gasteiger partial charge < -0.3 is 10.1 Å². The molecule has 1 N–H and O–H groups in total. The number of hydrogen-bond donors (Lipinski definition) is 1. The minimum absolute atomic E-state index is 0.0486. The third kappa shape index (κ3) is 2.42. The topological polar surface area (TPSA) is 29.1 Å². The number of rotatable bonds is 5. The molecular formula is C15H21NO. The Morgan fingerprint density at radius 1 is 1.47 bits per heavy atom. The van der Waals surface area contributed by atoms with Gasteiger partial charge in [0.05, 0.1) is 0 Å². The molecule has 0 aromatic heterocycles. The van der Waals surface area contributed by atoms with Gasteiger partial charge in [0.2, 0.25) is 0 Å². The second kappa shape index (κ2) is 5.01. The lowest BCUT2D eigenvalue weighted by atomic mass is 9.85. The maximum atomic E-state index is 10.9. The average molecular weight is 231 g/mol. The first-order chi connectivity index (χ1) is 8.19. The molecule has 2 heteroatoms. The number of hydrogen-bond acceptors (Lipinski definition) is 2. The molecule has 1 aromatic rings. The molecule has 1 aliphatic rings. The van der Waals surface area contributed by atoms with Crippen LogP contribution >= 0.6 is 0 Å². The number of carbonyl (C=O) groups excluding carboxylic acids is 1. The molecule has 1 aromatic carbocycles. The molecule has 2 atom stereocenters. The van der Waals surface area contributed by atoms with Crippen molar-refractivity contribution in [3.05, 3.63) is 35.4 Å². The zero-order valence-electron chi connectivity index (χ0n) is 10.7. The summed E-state index contributed by atoms with van der Waals surface area (Å²) in [4.78, 5) is 10.9. The van der Waals surface area contributed by atoms with Gasteiger partial charge in [-0.05, 0) is 37.3 Å². The molecule has 2 unspecified atom stereocenters. The van der Waals surface area contributed by atoms with Crippen LogP contribution in [0.25, 0.3) is 0 Å². The summed E-state index contributed by atoms with van der Waals surface area (Å²) in [5.74, 6) is 0.210. The van der Waals surface area contributed by atoms with Crippen molar-refractivity contribution in [2.75, 3.05) is 0 Å². The van der Waals surface area contributed by atoms with E-state index in [1.165, 1.54) is 11.1 Å². The van der Waals surface area contributed by atoms with Crippen molar-refractivity contribution >= 4 is 6.29 Å². The van der Waals surface area contributed by atoms with E-state index in [4.69, 9.17) is 0 Å². The molecule has 0 spiro atoms. The second-order valence-electron chi connectivity index (χ2n) is 5.19. The van der Waals surface area contributed by atoms with Crippen LogP contribution in [0.4, 0.5) is 0 Å². The first-order valence-electron chi connectivity index (χ1n) is 6.48. The molecule has 2 rings (SSSR count). The van der Waals surface area contributed by atoms with Crippen LogP contribution in [-0.4, -0.2) is 6.29 Å². The van der Waals surface area contributed by atoms with E-state index in [2.05, 4.69) is 43.4 Å². The maximum absolute atomic E-state index is 10.9. The van der Waals surface area contributed by atoms with Gasteiger partial charge in [-0.2, -0.15) is 0 Å². The van der Waals surface area contributed by atoms with Crippen molar-refractivity contribution in [3.63, 3.8) is 0 Å². The average Bonchev–Trinajstić information content (AvgIpc) is 2.70. The van der Waals surface area contributed by atoms with Crippen LogP contribution in [0.1, 0.15) is 44.2 Å². The molecule has 0 saturated carbocycles. The van der Waals surface area contributed by atoms with Crippen LogP contribution in [0.15, 0.2) is 24.3 Å². The molecule has 0 fully saturated rings. The van der Waals surface area contributed by atoms with Crippen LogP contribution < -0.4 is 5.32 Å². The number of fused-ring (bicyclic) bond motifs is 1. The van der Waals surface area contributed by atoms with Gasteiger partial charge in [0.15, 0.2) is 0 Å².